The molecule has 2 N–H and O–H groups in total. The maximum Gasteiger partial charge on any atom is 0.317 e. The highest BCUT2D eigenvalue weighted by molar-refractivity contribution is 9.10. The van der Waals surface area contributed by atoms with Gasteiger partial charge < -0.3 is 10.0 Å². The van der Waals surface area contributed by atoms with Crippen molar-refractivity contribution >= 4 is 40.4 Å². The molecule has 0 bridgehead atoms. The highest BCUT2D eigenvalue weighted by atomic mass is 79.9. The summed E-state index contributed by atoms with van der Waals surface area (Å²) in [6.07, 6.45) is 5.09. The Morgan fingerprint density at radius 2 is 2.18 bits per heavy atom. The molecule has 0 saturated carbocycles. The Balaban J connectivity index is 2.15. The number of halogens is 1. The zero-order valence-corrected chi connectivity index (χ0v) is 13.8. The van der Waals surface area contributed by atoms with Gasteiger partial charge in [-0.05, 0) is 41.9 Å². The maximum atomic E-state index is 10.6. The Kier molecular flexibility index (Phi) is 6.08. The molecule has 0 aliphatic carbocycles. The second-order valence-corrected chi connectivity index (χ2v) is 5.77. The molecular formula is C13H19BrN6O2. The van der Waals surface area contributed by atoms with Crippen LogP contribution in [0.3, 0.4) is 0 Å². The van der Waals surface area contributed by atoms with Gasteiger partial charge in [0, 0.05) is 13.1 Å². The quantitative estimate of drug-likeness (QED) is 0.604. The molecule has 120 valence electrons. The summed E-state index contributed by atoms with van der Waals surface area (Å²) >= 11 is 3.40. The number of aliphatic imine (C=N–C) groups is 2. The van der Waals surface area contributed by atoms with Gasteiger partial charge in [0.2, 0.25) is 5.96 Å². The molecular weight excluding hydrogens is 352 g/mol. The van der Waals surface area contributed by atoms with E-state index in [0.717, 1.165) is 30.4 Å². The average molecular weight is 371 g/mol. The molecule has 2 rings (SSSR count). The summed E-state index contributed by atoms with van der Waals surface area (Å²) in [6, 6.07) is 0. The first-order chi connectivity index (χ1) is 10.6. The van der Waals surface area contributed by atoms with Gasteiger partial charge >= 0.3 is 5.97 Å². The Morgan fingerprint density at radius 1 is 1.45 bits per heavy atom. The summed E-state index contributed by atoms with van der Waals surface area (Å²) in [6.45, 7) is 5.55. The van der Waals surface area contributed by atoms with Gasteiger partial charge in [0.1, 0.15) is 0 Å². The number of hydrogen-bond donors (Lipinski definition) is 2. The van der Waals surface area contributed by atoms with Gasteiger partial charge in [-0.15, -0.1) is 0 Å². The number of nitrogens with one attached hydrogen (secondary N) is 1. The van der Waals surface area contributed by atoms with Gasteiger partial charge in [0.15, 0.2) is 5.82 Å². The van der Waals surface area contributed by atoms with E-state index in [2.05, 4.69) is 47.9 Å². The standard InChI is InChI=1S/C13H19BrN6O2/c1-15-13(19-5-3-2-4-6-19)18-12-10(14)7-17-20(12)9-16-8-11(21)22/h7,16H,1-6,8-9H2,(H,21,22)/b18-13+. The lowest BCUT2D eigenvalue weighted by Crippen LogP contribution is -2.34. The van der Waals surface area contributed by atoms with Crippen molar-refractivity contribution < 1.29 is 9.90 Å². The summed E-state index contributed by atoms with van der Waals surface area (Å²) in [5, 5.41) is 15.6. The molecule has 1 aliphatic rings. The fourth-order valence-electron chi connectivity index (χ4n) is 2.25. The number of likely N-dealkylation sites (tertiary alicyclic amines) is 1. The van der Waals surface area contributed by atoms with Gasteiger partial charge in [0.25, 0.3) is 0 Å². The van der Waals surface area contributed by atoms with Crippen molar-refractivity contribution in [1.82, 2.24) is 20.0 Å². The molecule has 1 aliphatic heterocycles. The van der Waals surface area contributed by atoms with Crippen LogP contribution in [0.5, 0.6) is 0 Å². The smallest absolute Gasteiger partial charge is 0.317 e. The van der Waals surface area contributed by atoms with Crippen LogP contribution >= 0.6 is 15.9 Å². The largest absolute Gasteiger partial charge is 0.480 e. The van der Waals surface area contributed by atoms with E-state index >= 15 is 0 Å². The second kappa shape index (κ2) is 8.04. The van der Waals surface area contributed by atoms with E-state index in [1.807, 2.05) is 0 Å². The van der Waals surface area contributed by atoms with Crippen molar-refractivity contribution in [1.29, 1.82) is 0 Å². The predicted molar refractivity (Wildman–Crippen MR) is 87.6 cm³/mol. The molecule has 0 amide bonds. The van der Waals surface area contributed by atoms with Crippen molar-refractivity contribution in [3.63, 3.8) is 0 Å². The highest BCUT2D eigenvalue weighted by Crippen LogP contribution is 2.25. The van der Waals surface area contributed by atoms with E-state index in [-0.39, 0.29) is 13.2 Å². The Bertz CT molecular complexity index is 565. The Hall–Kier alpha value is -1.74. The van der Waals surface area contributed by atoms with Crippen molar-refractivity contribution in [2.24, 2.45) is 9.98 Å². The minimum atomic E-state index is -0.918. The lowest BCUT2D eigenvalue weighted by Gasteiger charge is -2.27. The number of aliphatic carboxylic acids is 1. The average Bonchev–Trinajstić information content (AvgIpc) is 2.86. The first-order valence-corrected chi connectivity index (χ1v) is 7.85. The van der Waals surface area contributed by atoms with Crippen LogP contribution in [0, 0.1) is 0 Å². The summed E-state index contributed by atoms with van der Waals surface area (Å²) in [5.41, 5.74) is 0. The van der Waals surface area contributed by atoms with Crippen LogP contribution in [-0.4, -0.2) is 58.1 Å². The van der Waals surface area contributed by atoms with Gasteiger partial charge in [-0.3, -0.25) is 10.1 Å². The summed E-state index contributed by atoms with van der Waals surface area (Å²) in [4.78, 5) is 21.2. The highest BCUT2D eigenvalue weighted by Gasteiger charge is 2.16. The van der Waals surface area contributed by atoms with E-state index in [1.54, 1.807) is 10.9 Å². The van der Waals surface area contributed by atoms with Crippen LogP contribution in [-0.2, 0) is 11.5 Å². The van der Waals surface area contributed by atoms with Gasteiger partial charge in [-0.1, -0.05) is 0 Å². The normalized spacial score (nSPS) is 15.9. The van der Waals surface area contributed by atoms with Crippen molar-refractivity contribution in [3.8, 4) is 0 Å². The molecule has 0 unspecified atom stereocenters. The molecule has 0 aromatic carbocycles. The number of carboxylic acids is 1. The molecule has 1 aromatic rings. The first-order valence-electron chi connectivity index (χ1n) is 7.06. The van der Waals surface area contributed by atoms with Gasteiger partial charge in [-0.2, -0.15) is 10.1 Å². The van der Waals surface area contributed by atoms with E-state index < -0.39 is 5.97 Å². The minimum Gasteiger partial charge on any atom is -0.480 e. The molecule has 1 aromatic heterocycles. The topological polar surface area (TPSA) is 95.1 Å². The number of hydrogen-bond acceptors (Lipinski definition) is 4. The Labute approximate surface area is 137 Å². The van der Waals surface area contributed by atoms with Crippen LogP contribution < -0.4 is 5.32 Å². The van der Waals surface area contributed by atoms with E-state index in [0.29, 0.717) is 11.8 Å². The van der Waals surface area contributed by atoms with Crippen molar-refractivity contribution in [2.75, 3.05) is 19.6 Å². The van der Waals surface area contributed by atoms with Gasteiger partial charge in [0.05, 0.1) is 23.9 Å². The van der Waals surface area contributed by atoms with Crippen LogP contribution in [0.25, 0.3) is 0 Å². The van der Waals surface area contributed by atoms with Crippen LogP contribution in [0.15, 0.2) is 20.7 Å². The number of guanidine groups is 1. The molecule has 9 heteroatoms. The molecule has 1 saturated heterocycles. The third kappa shape index (κ3) is 4.38. The molecule has 0 spiro atoms. The Morgan fingerprint density at radius 3 is 2.82 bits per heavy atom. The summed E-state index contributed by atoms with van der Waals surface area (Å²) < 4.78 is 2.31. The predicted octanol–water partition coefficient (Wildman–Crippen LogP) is 1.45. The van der Waals surface area contributed by atoms with E-state index in [4.69, 9.17) is 5.11 Å². The van der Waals surface area contributed by atoms with Crippen LogP contribution in [0.1, 0.15) is 19.3 Å². The van der Waals surface area contributed by atoms with E-state index in [9.17, 15) is 4.79 Å². The van der Waals surface area contributed by atoms with Crippen molar-refractivity contribution in [3.05, 3.63) is 10.7 Å². The van der Waals surface area contributed by atoms with Crippen molar-refractivity contribution in [2.45, 2.75) is 25.9 Å². The van der Waals surface area contributed by atoms with E-state index in [1.165, 1.54) is 6.42 Å². The van der Waals surface area contributed by atoms with Crippen LogP contribution in [0.4, 0.5) is 5.82 Å². The third-order valence-electron chi connectivity index (χ3n) is 3.29. The number of rotatable bonds is 5. The number of nitrogens with zero attached hydrogens (tertiary/aromatic N) is 5. The zero-order chi connectivity index (χ0) is 15.9. The molecule has 22 heavy (non-hydrogen) atoms. The second-order valence-electron chi connectivity index (χ2n) is 4.91. The minimum absolute atomic E-state index is 0.140. The fraction of sp³-hybridized carbons (Fsp3) is 0.538. The van der Waals surface area contributed by atoms with Gasteiger partial charge in [-0.25, -0.2) is 9.67 Å². The molecule has 1 fully saturated rings. The summed E-state index contributed by atoms with van der Waals surface area (Å²) in [5.74, 6) is 0.240. The maximum absolute atomic E-state index is 10.6. The first kappa shape index (κ1) is 16.6. The number of carboxylic acid groups (broad SMARTS) is 1. The SMILES string of the molecule is C=N/C(=N\c1c(Br)cnn1CNCC(=O)O)N1CCCCC1. The monoisotopic (exact) mass is 370 g/mol. The fourth-order valence-corrected chi connectivity index (χ4v) is 2.63. The molecule has 8 nitrogen and oxygen atoms in total. The number of aromatic nitrogens is 2. The number of piperidine rings is 1. The molecule has 2 heterocycles. The number of carbonyl (C=O) groups is 1. The molecule has 0 atom stereocenters. The summed E-state index contributed by atoms with van der Waals surface area (Å²) in [7, 11) is 0. The zero-order valence-electron chi connectivity index (χ0n) is 12.2. The lowest BCUT2D eigenvalue weighted by molar-refractivity contribution is -0.136. The third-order valence-corrected chi connectivity index (χ3v) is 3.85. The van der Waals surface area contributed by atoms with Crippen LogP contribution in [0.2, 0.25) is 0 Å². The lowest BCUT2D eigenvalue weighted by atomic mass is 10.1. The molecule has 0 radical (unpaired) electrons.